The van der Waals surface area contributed by atoms with Crippen LogP contribution >= 0.6 is 0 Å². The molecule has 6 heteroatoms. The molecular formula is C14H23N5O. The molecule has 20 heavy (non-hydrogen) atoms. The number of aromatic nitrogens is 2. The number of amides is 1. The zero-order chi connectivity index (χ0) is 14.1. The lowest BCUT2D eigenvalue weighted by Gasteiger charge is -2.32. The first kappa shape index (κ1) is 13.6. The van der Waals surface area contributed by atoms with Crippen molar-refractivity contribution in [2.45, 2.75) is 37.9 Å². The van der Waals surface area contributed by atoms with Crippen LogP contribution in [0.25, 0.3) is 0 Å². The molecule has 0 aliphatic carbocycles. The fourth-order valence-electron chi connectivity index (χ4n) is 3.28. The molecular weight excluding hydrogens is 254 g/mol. The van der Waals surface area contributed by atoms with E-state index in [1.54, 1.807) is 6.33 Å². The van der Waals surface area contributed by atoms with Gasteiger partial charge in [-0.3, -0.25) is 10.1 Å². The second-order valence-electron chi connectivity index (χ2n) is 6.06. The molecule has 0 saturated carbocycles. The van der Waals surface area contributed by atoms with Gasteiger partial charge in [-0.15, -0.1) is 0 Å². The predicted octanol–water partition coefficient (Wildman–Crippen LogP) is -0.0234. The van der Waals surface area contributed by atoms with Crippen LogP contribution in [0.5, 0.6) is 0 Å². The third kappa shape index (κ3) is 2.58. The molecule has 1 aromatic heterocycles. The molecule has 0 spiro atoms. The van der Waals surface area contributed by atoms with Gasteiger partial charge in [-0.05, 0) is 26.9 Å². The maximum Gasteiger partial charge on any atom is 0.240 e. The van der Waals surface area contributed by atoms with Crippen LogP contribution in [0.4, 0.5) is 0 Å². The average molecular weight is 277 g/mol. The first-order chi connectivity index (χ1) is 9.65. The van der Waals surface area contributed by atoms with Crippen molar-refractivity contribution in [3.63, 3.8) is 0 Å². The summed E-state index contributed by atoms with van der Waals surface area (Å²) in [4.78, 5) is 24.4. The Morgan fingerprint density at radius 2 is 2.40 bits per heavy atom. The van der Waals surface area contributed by atoms with E-state index in [1.807, 2.05) is 0 Å². The van der Waals surface area contributed by atoms with Crippen LogP contribution in [0.1, 0.15) is 24.2 Å². The van der Waals surface area contributed by atoms with Gasteiger partial charge >= 0.3 is 0 Å². The van der Waals surface area contributed by atoms with E-state index in [2.05, 4.69) is 39.2 Å². The Hall–Kier alpha value is -1.40. The van der Waals surface area contributed by atoms with Crippen molar-refractivity contribution in [1.29, 1.82) is 0 Å². The summed E-state index contributed by atoms with van der Waals surface area (Å²) in [5, 5.41) is 3.34. The summed E-state index contributed by atoms with van der Waals surface area (Å²) >= 11 is 0. The fraction of sp³-hybridized carbons (Fsp3) is 0.714. The SMILES string of the molecule is CN(C)CC1CCCN1C(=O)C1Cc2nc[nH]c2CN1. The molecule has 1 amide bonds. The number of nitrogens with zero attached hydrogens (tertiary/aromatic N) is 3. The highest BCUT2D eigenvalue weighted by molar-refractivity contribution is 5.83. The Balaban J connectivity index is 1.67. The number of fused-ring (bicyclic) bond motifs is 1. The van der Waals surface area contributed by atoms with Gasteiger partial charge in [0.25, 0.3) is 0 Å². The molecule has 6 nitrogen and oxygen atoms in total. The van der Waals surface area contributed by atoms with E-state index in [9.17, 15) is 4.79 Å². The molecule has 2 unspecified atom stereocenters. The normalized spacial score (nSPS) is 26.1. The maximum absolute atomic E-state index is 12.7. The molecule has 110 valence electrons. The number of aromatic amines is 1. The van der Waals surface area contributed by atoms with Gasteiger partial charge in [0.15, 0.2) is 0 Å². The smallest absolute Gasteiger partial charge is 0.240 e. The zero-order valence-electron chi connectivity index (χ0n) is 12.2. The lowest BCUT2D eigenvalue weighted by Crippen LogP contribution is -2.52. The molecule has 3 heterocycles. The molecule has 2 atom stereocenters. The molecule has 0 radical (unpaired) electrons. The van der Waals surface area contributed by atoms with Crippen molar-refractivity contribution in [2.24, 2.45) is 0 Å². The minimum atomic E-state index is -0.117. The van der Waals surface area contributed by atoms with Gasteiger partial charge in [-0.25, -0.2) is 4.98 Å². The molecule has 1 saturated heterocycles. The van der Waals surface area contributed by atoms with E-state index >= 15 is 0 Å². The number of imidazole rings is 1. The van der Waals surface area contributed by atoms with Crippen molar-refractivity contribution >= 4 is 5.91 Å². The third-order valence-electron chi connectivity index (χ3n) is 4.26. The van der Waals surface area contributed by atoms with E-state index < -0.39 is 0 Å². The number of H-pyrrole nitrogens is 1. The number of carbonyl (C=O) groups excluding carboxylic acids is 1. The molecule has 1 aromatic rings. The molecule has 2 N–H and O–H groups in total. The van der Waals surface area contributed by atoms with Crippen LogP contribution in [-0.2, 0) is 17.8 Å². The fourth-order valence-corrected chi connectivity index (χ4v) is 3.28. The number of nitrogens with one attached hydrogen (secondary N) is 2. The Labute approximate surface area is 119 Å². The van der Waals surface area contributed by atoms with Gasteiger partial charge in [0, 0.05) is 32.1 Å². The number of hydrogen-bond donors (Lipinski definition) is 2. The predicted molar refractivity (Wildman–Crippen MR) is 76.2 cm³/mol. The Morgan fingerprint density at radius 3 is 3.20 bits per heavy atom. The number of hydrogen-bond acceptors (Lipinski definition) is 4. The van der Waals surface area contributed by atoms with Crippen molar-refractivity contribution in [1.82, 2.24) is 25.1 Å². The number of rotatable bonds is 3. The lowest BCUT2D eigenvalue weighted by molar-refractivity contribution is -0.134. The van der Waals surface area contributed by atoms with Crippen LogP contribution in [0.15, 0.2) is 6.33 Å². The monoisotopic (exact) mass is 277 g/mol. The van der Waals surface area contributed by atoms with Crippen molar-refractivity contribution in [3.05, 3.63) is 17.7 Å². The highest BCUT2D eigenvalue weighted by Crippen LogP contribution is 2.21. The highest BCUT2D eigenvalue weighted by Gasteiger charge is 2.35. The first-order valence-corrected chi connectivity index (χ1v) is 7.35. The standard InChI is InChI=1S/C14H23N5O/c1-18(2)8-10-4-3-5-19(10)14(20)12-6-11-13(7-15-12)17-9-16-11/h9-10,12,15H,3-8H2,1-2H3,(H,16,17). The summed E-state index contributed by atoms with van der Waals surface area (Å²) in [6.45, 7) is 2.55. The number of carbonyl (C=O) groups is 1. The second kappa shape index (κ2) is 5.54. The van der Waals surface area contributed by atoms with Crippen molar-refractivity contribution in [2.75, 3.05) is 27.2 Å². The van der Waals surface area contributed by atoms with Gasteiger partial charge in [0.2, 0.25) is 5.91 Å². The van der Waals surface area contributed by atoms with E-state index in [4.69, 9.17) is 0 Å². The van der Waals surface area contributed by atoms with E-state index in [1.165, 1.54) is 0 Å². The van der Waals surface area contributed by atoms with E-state index in [0.29, 0.717) is 19.0 Å². The summed E-state index contributed by atoms with van der Waals surface area (Å²) < 4.78 is 0. The molecule has 1 fully saturated rings. The lowest BCUT2D eigenvalue weighted by atomic mass is 10.0. The maximum atomic E-state index is 12.7. The summed E-state index contributed by atoms with van der Waals surface area (Å²) in [5.74, 6) is 0.239. The average Bonchev–Trinajstić information content (AvgIpc) is 3.04. The molecule has 0 bridgehead atoms. The van der Waals surface area contributed by atoms with Gasteiger partial charge in [-0.1, -0.05) is 0 Å². The first-order valence-electron chi connectivity index (χ1n) is 7.35. The van der Waals surface area contributed by atoms with Crippen LogP contribution < -0.4 is 5.32 Å². The summed E-state index contributed by atoms with van der Waals surface area (Å²) in [6, 6.07) is 0.244. The molecule has 2 aliphatic heterocycles. The summed E-state index contributed by atoms with van der Waals surface area (Å²) in [7, 11) is 4.13. The number of likely N-dealkylation sites (N-methyl/N-ethyl adjacent to an activating group) is 1. The molecule has 2 aliphatic rings. The topological polar surface area (TPSA) is 64.3 Å². The van der Waals surface area contributed by atoms with E-state index in [-0.39, 0.29) is 11.9 Å². The third-order valence-corrected chi connectivity index (χ3v) is 4.26. The number of likely N-dealkylation sites (tertiary alicyclic amines) is 1. The molecule has 3 rings (SSSR count). The Kier molecular flexibility index (Phi) is 3.76. The molecule has 0 aromatic carbocycles. The summed E-state index contributed by atoms with van der Waals surface area (Å²) in [6.07, 6.45) is 4.64. The van der Waals surface area contributed by atoms with Crippen LogP contribution in [-0.4, -0.2) is 64.9 Å². The minimum absolute atomic E-state index is 0.117. The quantitative estimate of drug-likeness (QED) is 0.815. The van der Waals surface area contributed by atoms with E-state index in [0.717, 1.165) is 37.3 Å². The Morgan fingerprint density at radius 1 is 1.55 bits per heavy atom. The second-order valence-corrected chi connectivity index (χ2v) is 6.06. The largest absolute Gasteiger partial charge is 0.347 e. The zero-order valence-corrected chi connectivity index (χ0v) is 12.2. The van der Waals surface area contributed by atoms with Gasteiger partial charge in [0.05, 0.1) is 23.8 Å². The van der Waals surface area contributed by atoms with Gasteiger partial charge < -0.3 is 14.8 Å². The Bertz CT molecular complexity index is 484. The van der Waals surface area contributed by atoms with Crippen LogP contribution in [0.2, 0.25) is 0 Å². The minimum Gasteiger partial charge on any atom is -0.347 e. The highest BCUT2D eigenvalue weighted by atomic mass is 16.2. The summed E-state index contributed by atoms with van der Waals surface area (Å²) in [5.41, 5.74) is 2.14. The van der Waals surface area contributed by atoms with Crippen LogP contribution in [0.3, 0.4) is 0 Å². The van der Waals surface area contributed by atoms with Crippen molar-refractivity contribution < 1.29 is 4.79 Å². The van der Waals surface area contributed by atoms with Crippen LogP contribution in [0, 0.1) is 0 Å². The van der Waals surface area contributed by atoms with Gasteiger partial charge in [0.1, 0.15) is 0 Å². The van der Waals surface area contributed by atoms with Gasteiger partial charge in [-0.2, -0.15) is 0 Å². The van der Waals surface area contributed by atoms with Crippen molar-refractivity contribution in [3.8, 4) is 0 Å².